The van der Waals surface area contributed by atoms with Crippen LogP contribution in [0.4, 0.5) is 0 Å². The fraction of sp³-hybridized carbons (Fsp3) is 0.400. The average molecular weight is 161 g/mol. The molecule has 3 rings (SSSR count). The van der Waals surface area contributed by atoms with Gasteiger partial charge in [0.1, 0.15) is 5.75 Å². The molecule has 1 aliphatic carbocycles. The third kappa shape index (κ3) is 0.681. The smallest absolute Gasteiger partial charge is 0.122 e. The Labute approximate surface area is 71.3 Å². The lowest BCUT2D eigenvalue weighted by Crippen LogP contribution is -2.09. The Morgan fingerprint density at radius 1 is 1.33 bits per heavy atom. The zero-order valence-corrected chi connectivity index (χ0v) is 6.73. The van der Waals surface area contributed by atoms with E-state index in [1.54, 1.807) is 0 Å². The predicted octanol–water partition coefficient (Wildman–Crippen LogP) is 1.12. The lowest BCUT2D eigenvalue weighted by atomic mass is 10.1. The second-order valence-corrected chi connectivity index (χ2v) is 3.62. The molecule has 3 unspecified atom stereocenters. The first-order valence-electron chi connectivity index (χ1n) is 4.35. The molecular weight excluding hydrogens is 150 g/mol. The molecular formula is C10H11NO. The van der Waals surface area contributed by atoms with Crippen LogP contribution in [0.5, 0.6) is 5.75 Å². The third-order valence-corrected chi connectivity index (χ3v) is 2.94. The van der Waals surface area contributed by atoms with Crippen molar-refractivity contribution >= 4 is 0 Å². The molecule has 12 heavy (non-hydrogen) atoms. The molecule has 1 fully saturated rings. The van der Waals surface area contributed by atoms with Crippen LogP contribution in [0.3, 0.4) is 0 Å². The SMILES string of the molecule is NC1C2COc3ccccc3C12. The van der Waals surface area contributed by atoms with Crippen molar-refractivity contribution in [2.24, 2.45) is 11.7 Å². The van der Waals surface area contributed by atoms with Gasteiger partial charge < -0.3 is 10.5 Å². The van der Waals surface area contributed by atoms with Gasteiger partial charge in [-0.2, -0.15) is 0 Å². The maximum atomic E-state index is 5.91. The van der Waals surface area contributed by atoms with E-state index in [0.29, 0.717) is 17.9 Å². The Kier molecular flexibility index (Phi) is 1.09. The first kappa shape index (κ1) is 6.49. The Hall–Kier alpha value is -1.02. The van der Waals surface area contributed by atoms with Crippen molar-refractivity contribution in [3.05, 3.63) is 29.8 Å². The monoisotopic (exact) mass is 161 g/mol. The van der Waals surface area contributed by atoms with E-state index < -0.39 is 0 Å². The van der Waals surface area contributed by atoms with E-state index in [0.717, 1.165) is 12.4 Å². The molecule has 2 aliphatic rings. The third-order valence-electron chi connectivity index (χ3n) is 2.94. The molecule has 0 radical (unpaired) electrons. The van der Waals surface area contributed by atoms with Gasteiger partial charge in [-0.05, 0) is 11.6 Å². The molecule has 0 amide bonds. The van der Waals surface area contributed by atoms with Gasteiger partial charge in [0, 0.05) is 17.9 Å². The van der Waals surface area contributed by atoms with E-state index in [1.165, 1.54) is 5.56 Å². The molecule has 0 spiro atoms. The van der Waals surface area contributed by atoms with Crippen molar-refractivity contribution in [3.8, 4) is 5.75 Å². The lowest BCUT2D eigenvalue weighted by molar-refractivity contribution is 0.277. The van der Waals surface area contributed by atoms with Crippen molar-refractivity contribution in [2.45, 2.75) is 12.0 Å². The summed E-state index contributed by atoms with van der Waals surface area (Å²) in [6, 6.07) is 8.55. The quantitative estimate of drug-likeness (QED) is 0.618. The van der Waals surface area contributed by atoms with Gasteiger partial charge in [-0.1, -0.05) is 18.2 Å². The maximum Gasteiger partial charge on any atom is 0.122 e. The van der Waals surface area contributed by atoms with Crippen LogP contribution in [0.25, 0.3) is 0 Å². The van der Waals surface area contributed by atoms with Crippen LogP contribution >= 0.6 is 0 Å². The highest BCUT2D eigenvalue weighted by atomic mass is 16.5. The summed E-state index contributed by atoms with van der Waals surface area (Å²) >= 11 is 0. The number of rotatable bonds is 0. The van der Waals surface area contributed by atoms with Gasteiger partial charge in [-0.15, -0.1) is 0 Å². The molecule has 0 saturated heterocycles. The van der Waals surface area contributed by atoms with Crippen LogP contribution in [0, 0.1) is 5.92 Å². The summed E-state index contributed by atoms with van der Waals surface area (Å²) in [6.07, 6.45) is 0. The summed E-state index contributed by atoms with van der Waals surface area (Å²) in [6.45, 7) is 0.808. The molecule has 1 aromatic rings. The highest BCUT2D eigenvalue weighted by Gasteiger charge is 2.52. The highest BCUT2D eigenvalue weighted by Crippen LogP contribution is 2.52. The molecule has 1 aromatic carbocycles. The van der Waals surface area contributed by atoms with Crippen LogP contribution in [0.2, 0.25) is 0 Å². The van der Waals surface area contributed by atoms with Gasteiger partial charge in [-0.25, -0.2) is 0 Å². The molecule has 2 heteroatoms. The number of fused-ring (bicyclic) bond motifs is 3. The van der Waals surface area contributed by atoms with Crippen molar-refractivity contribution in [1.29, 1.82) is 0 Å². The van der Waals surface area contributed by atoms with Crippen LogP contribution in [-0.4, -0.2) is 12.6 Å². The molecule has 0 bridgehead atoms. The van der Waals surface area contributed by atoms with Gasteiger partial charge >= 0.3 is 0 Å². The largest absolute Gasteiger partial charge is 0.493 e. The number of ether oxygens (including phenoxy) is 1. The minimum Gasteiger partial charge on any atom is -0.493 e. The van der Waals surface area contributed by atoms with Gasteiger partial charge in [0.25, 0.3) is 0 Å². The van der Waals surface area contributed by atoms with E-state index in [9.17, 15) is 0 Å². The highest BCUT2D eigenvalue weighted by molar-refractivity contribution is 5.44. The molecule has 1 saturated carbocycles. The average Bonchev–Trinajstić information content (AvgIpc) is 2.78. The summed E-state index contributed by atoms with van der Waals surface area (Å²) < 4.78 is 5.57. The van der Waals surface area contributed by atoms with Crippen molar-refractivity contribution in [2.75, 3.05) is 6.61 Å². The van der Waals surface area contributed by atoms with E-state index in [1.807, 2.05) is 12.1 Å². The van der Waals surface area contributed by atoms with Crippen LogP contribution in [0.15, 0.2) is 24.3 Å². The normalized spacial score (nSPS) is 36.2. The van der Waals surface area contributed by atoms with Crippen molar-refractivity contribution in [1.82, 2.24) is 0 Å². The number of para-hydroxylation sites is 1. The molecule has 1 aliphatic heterocycles. The van der Waals surface area contributed by atoms with Gasteiger partial charge in [-0.3, -0.25) is 0 Å². The Morgan fingerprint density at radius 3 is 3.08 bits per heavy atom. The van der Waals surface area contributed by atoms with E-state index in [-0.39, 0.29) is 0 Å². The Bertz CT molecular complexity index is 323. The van der Waals surface area contributed by atoms with Crippen LogP contribution < -0.4 is 10.5 Å². The second-order valence-electron chi connectivity index (χ2n) is 3.62. The number of hydrogen-bond donors (Lipinski definition) is 1. The zero-order chi connectivity index (χ0) is 8.13. The standard InChI is InChI=1S/C10H11NO/c11-10-7-5-12-8-4-2-1-3-6(8)9(7)10/h1-4,7,9-10H,5,11H2. The molecule has 62 valence electrons. The Balaban J connectivity index is 2.10. The van der Waals surface area contributed by atoms with Crippen molar-refractivity contribution < 1.29 is 4.74 Å². The Morgan fingerprint density at radius 2 is 2.17 bits per heavy atom. The summed E-state index contributed by atoms with van der Waals surface area (Å²) in [5.41, 5.74) is 7.21. The molecule has 0 aromatic heterocycles. The van der Waals surface area contributed by atoms with Gasteiger partial charge in [0.15, 0.2) is 0 Å². The van der Waals surface area contributed by atoms with E-state index in [4.69, 9.17) is 10.5 Å². The second kappa shape index (κ2) is 2.02. The molecule has 3 atom stereocenters. The predicted molar refractivity (Wildman–Crippen MR) is 46.1 cm³/mol. The number of nitrogens with two attached hydrogens (primary N) is 1. The molecule has 2 nitrogen and oxygen atoms in total. The first-order chi connectivity index (χ1) is 5.88. The van der Waals surface area contributed by atoms with Crippen molar-refractivity contribution in [3.63, 3.8) is 0 Å². The van der Waals surface area contributed by atoms with Crippen LogP contribution in [0.1, 0.15) is 11.5 Å². The summed E-state index contributed by atoms with van der Waals surface area (Å²) in [7, 11) is 0. The summed E-state index contributed by atoms with van der Waals surface area (Å²) in [4.78, 5) is 0. The maximum absolute atomic E-state index is 5.91. The van der Waals surface area contributed by atoms with Gasteiger partial charge in [0.05, 0.1) is 6.61 Å². The minimum absolute atomic E-state index is 0.341. The van der Waals surface area contributed by atoms with E-state index in [2.05, 4.69) is 12.1 Å². The summed E-state index contributed by atoms with van der Waals surface area (Å²) in [5.74, 6) is 2.20. The fourth-order valence-electron chi connectivity index (χ4n) is 2.13. The zero-order valence-electron chi connectivity index (χ0n) is 6.73. The first-order valence-corrected chi connectivity index (χ1v) is 4.35. The molecule has 2 N–H and O–H groups in total. The number of benzene rings is 1. The number of hydrogen-bond acceptors (Lipinski definition) is 2. The van der Waals surface area contributed by atoms with Gasteiger partial charge in [0.2, 0.25) is 0 Å². The van der Waals surface area contributed by atoms with E-state index >= 15 is 0 Å². The lowest BCUT2D eigenvalue weighted by Gasteiger charge is -2.14. The minimum atomic E-state index is 0.341. The molecule has 1 heterocycles. The van der Waals surface area contributed by atoms with Crippen LogP contribution in [-0.2, 0) is 0 Å². The topological polar surface area (TPSA) is 35.2 Å². The summed E-state index contributed by atoms with van der Waals surface area (Å²) in [5, 5.41) is 0. The fourth-order valence-corrected chi connectivity index (χ4v) is 2.13.